The molecule has 0 aromatic heterocycles. The van der Waals surface area contributed by atoms with E-state index in [2.05, 4.69) is 31.2 Å². The predicted molar refractivity (Wildman–Crippen MR) is 62.6 cm³/mol. The van der Waals surface area contributed by atoms with Crippen LogP contribution in [-0.2, 0) is 0 Å². The van der Waals surface area contributed by atoms with Gasteiger partial charge in [0, 0.05) is 11.5 Å². The number of hydrogen-bond acceptors (Lipinski definition) is 2. The van der Waals surface area contributed by atoms with Crippen LogP contribution in [0.3, 0.4) is 0 Å². The lowest BCUT2D eigenvalue weighted by molar-refractivity contribution is 0.220. The third kappa shape index (κ3) is 4.16. The van der Waals surface area contributed by atoms with Crippen molar-refractivity contribution in [2.24, 2.45) is 5.92 Å². The Bertz CT molecular complexity index is 231. The number of hydrogen-bond donors (Lipinski definition) is 1. The van der Waals surface area contributed by atoms with Crippen LogP contribution in [0.1, 0.15) is 19.8 Å². The summed E-state index contributed by atoms with van der Waals surface area (Å²) in [7, 11) is 0. The molecule has 0 fully saturated rings. The normalized spacial score (nSPS) is 12.7. The minimum atomic E-state index is 0.325. The highest BCUT2D eigenvalue weighted by atomic mass is 32.2. The standard InChI is InChI=1S/C12H18OS/c1-2-11(10-13)8-9-14-12-6-4-3-5-7-12/h3-7,11,13H,2,8-10H2,1H3. The first-order valence-electron chi connectivity index (χ1n) is 5.15. The summed E-state index contributed by atoms with van der Waals surface area (Å²) in [6, 6.07) is 10.4. The van der Waals surface area contributed by atoms with Gasteiger partial charge in [-0.2, -0.15) is 0 Å². The molecule has 1 nitrogen and oxygen atoms in total. The van der Waals surface area contributed by atoms with Crippen molar-refractivity contribution in [2.45, 2.75) is 24.7 Å². The highest BCUT2D eigenvalue weighted by molar-refractivity contribution is 7.99. The van der Waals surface area contributed by atoms with E-state index in [1.54, 1.807) is 0 Å². The van der Waals surface area contributed by atoms with E-state index in [-0.39, 0.29) is 0 Å². The van der Waals surface area contributed by atoms with Crippen molar-refractivity contribution in [1.29, 1.82) is 0 Å². The van der Waals surface area contributed by atoms with Crippen LogP contribution >= 0.6 is 11.8 Å². The van der Waals surface area contributed by atoms with Gasteiger partial charge in [-0.3, -0.25) is 0 Å². The summed E-state index contributed by atoms with van der Waals surface area (Å²) in [6.45, 7) is 2.46. The second-order valence-corrected chi connectivity index (χ2v) is 4.58. The highest BCUT2D eigenvalue weighted by Crippen LogP contribution is 2.20. The monoisotopic (exact) mass is 210 g/mol. The van der Waals surface area contributed by atoms with E-state index in [1.807, 2.05) is 17.8 Å². The molecular formula is C12H18OS. The largest absolute Gasteiger partial charge is 0.396 e. The first-order chi connectivity index (χ1) is 6.86. The molecule has 0 spiro atoms. The van der Waals surface area contributed by atoms with Crippen LogP contribution in [0.25, 0.3) is 0 Å². The zero-order valence-electron chi connectivity index (χ0n) is 8.65. The van der Waals surface area contributed by atoms with Crippen molar-refractivity contribution in [3.63, 3.8) is 0 Å². The summed E-state index contributed by atoms with van der Waals surface area (Å²) in [5.74, 6) is 1.58. The van der Waals surface area contributed by atoms with E-state index >= 15 is 0 Å². The SMILES string of the molecule is CCC(CO)CCSc1ccccc1. The highest BCUT2D eigenvalue weighted by Gasteiger charge is 2.03. The van der Waals surface area contributed by atoms with Crippen molar-refractivity contribution in [3.8, 4) is 0 Å². The van der Waals surface area contributed by atoms with Crippen LogP contribution < -0.4 is 0 Å². The van der Waals surface area contributed by atoms with Crippen LogP contribution in [0.5, 0.6) is 0 Å². The second-order valence-electron chi connectivity index (χ2n) is 3.41. The maximum absolute atomic E-state index is 9.01. The minimum Gasteiger partial charge on any atom is -0.396 e. The number of benzene rings is 1. The Morgan fingerprint density at radius 2 is 2.00 bits per heavy atom. The van der Waals surface area contributed by atoms with Gasteiger partial charge in [0.05, 0.1) is 0 Å². The summed E-state index contributed by atoms with van der Waals surface area (Å²) in [4.78, 5) is 1.32. The van der Waals surface area contributed by atoms with Crippen molar-refractivity contribution < 1.29 is 5.11 Å². The number of rotatable bonds is 6. The van der Waals surface area contributed by atoms with Gasteiger partial charge in [0.2, 0.25) is 0 Å². The number of thioether (sulfide) groups is 1. The molecule has 78 valence electrons. The van der Waals surface area contributed by atoms with Gasteiger partial charge in [0.1, 0.15) is 0 Å². The molecule has 0 bridgehead atoms. The molecule has 0 saturated carbocycles. The van der Waals surface area contributed by atoms with Gasteiger partial charge in [-0.15, -0.1) is 11.8 Å². The Kier molecular flexibility index (Phi) is 5.72. The molecule has 0 aliphatic heterocycles. The van der Waals surface area contributed by atoms with Gasteiger partial charge >= 0.3 is 0 Å². The molecule has 1 unspecified atom stereocenters. The quantitative estimate of drug-likeness (QED) is 0.728. The molecule has 0 heterocycles. The predicted octanol–water partition coefficient (Wildman–Crippen LogP) is 3.19. The zero-order chi connectivity index (χ0) is 10.2. The minimum absolute atomic E-state index is 0.325. The van der Waals surface area contributed by atoms with E-state index in [9.17, 15) is 0 Å². The summed E-state index contributed by atoms with van der Waals surface area (Å²) < 4.78 is 0. The Labute approximate surface area is 90.5 Å². The molecule has 0 saturated heterocycles. The Hall–Kier alpha value is -0.470. The molecule has 2 heteroatoms. The second kappa shape index (κ2) is 6.91. The summed E-state index contributed by atoms with van der Waals surface area (Å²) in [6.07, 6.45) is 2.18. The maximum atomic E-state index is 9.01. The molecule has 0 aliphatic rings. The van der Waals surface area contributed by atoms with E-state index in [1.165, 1.54) is 4.90 Å². The Morgan fingerprint density at radius 1 is 1.29 bits per heavy atom. The van der Waals surface area contributed by atoms with Crippen LogP contribution in [0.15, 0.2) is 35.2 Å². The first kappa shape index (κ1) is 11.6. The van der Waals surface area contributed by atoms with Crippen LogP contribution in [0, 0.1) is 5.92 Å². The fourth-order valence-electron chi connectivity index (χ4n) is 1.28. The molecule has 14 heavy (non-hydrogen) atoms. The lowest BCUT2D eigenvalue weighted by atomic mass is 10.1. The van der Waals surface area contributed by atoms with Gasteiger partial charge in [-0.05, 0) is 30.2 Å². The van der Waals surface area contributed by atoms with Crippen LogP contribution in [0.2, 0.25) is 0 Å². The molecule has 1 aromatic rings. The molecule has 1 N–H and O–H groups in total. The van der Waals surface area contributed by atoms with E-state index in [0.717, 1.165) is 18.6 Å². The van der Waals surface area contributed by atoms with Crippen LogP contribution in [-0.4, -0.2) is 17.5 Å². The molecule has 1 rings (SSSR count). The molecule has 1 atom stereocenters. The number of aliphatic hydroxyl groups excluding tert-OH is 1. The zero-order valence-corrected chi connectivity index (χ0v) is 9.46. The molecule has 0 amide bonds. The fourth-order valence-corrected chi connectivity index (χ4v) is 2.32. The van der Waals surface area contributed by atoms with Crippen molar-refractivity contribution >= 4 is 11.8 Å². The van der Waals surface area contributed by atoms with E-state index < -0.39 is 0 Å². The van der Waals surface area contributed by atoms with Crippen LogP contribution in [0.4, 0.5) is 0 Å². The average molecular weight is 210 g/mol. The van der Waals surface area contributed by atoms with Crippen molar-refractivity contribution in [2.75, 3.05) is 12.4 Å². The summed E-state index contributed by atoms with van der Waals surface area (Å²) in [5, 5.41) is 9.01. The third-order valence-corrected chi connectivity index (χ3v) is 3.42. The van der Waals surface area contributed by atoms with E-state index in [4.69, 9.17) is 5.11 Å². The number of aliphatic hydroxyl groups is 1. The third-order valence-electron chi connectivity index (χ3n) is 2.37. The van der Waals surface area contributed by atoms with Gasteiger partial charge in [0.25, 0.3) is 0 Å². The molecule has 0 radical (unpaired) electrons. The topological polar surface area (TPSA) is 20.2 Å². The first-order valence-corrected chi connectivity index (χ1v) is 6.14. The maximum Gasteiger partial charge on any atom is 0.0459 e. The lowest BCUT2D eigenvalue weighted by Crippen LogP contribution is -2.05. The van der Waals surface area contributed by atoms with Gasteiger partial charge < -0.3 is 5.11 Å². The Morgan fingerprint density at radius 3 is 2.57 bits per heavy atom. The van der Waals surface area contributed by atoms with E-state index in [0.29, 0.717) is 12.5 Å². The van der Waals surface area contributed by atoms with Gasteiger partial charge in [-0.1, -0.05) is 31.5 Å². The van der Waals surface area contributed by atoms with Gasteiger partial charge in [-0.25, -0.2) is 0 Å². The summed E-state index contributed by atoms with van der Waals surface area (Å²) in [5.41, 5.74) is 0. The molecule has 0 aliphatic carbocycles. The lowest BCUT2D eigenvalue weighted by Gasteiger charge is -2.10. The smallest absolute Gasteiger partial charge is 0.0459 e. The van der Waals surface area contributed by atoms with Crippen molar-refractivity contribution in [1.82, 2.24) is 0 Å². The fraction of sp³-hybridized carbons (Fsp3) is 0.500. The Balaban J connectivity index is 2.21. The summed E-state index contributed by atoms with van der Waals surface area (Å²) >= 11 is 1.87. The molecular weight excluding hydrogens is 192 g/mol. The van der Waals surface area contributed by atoms with Gasteiger partial charge in [0.15, 0.2) is 0 Å². The molecule has 1 aromatic carbocycles. The average Bonchev–Trinajstić information content (AvgIpc) is 2.26. The van der Waals surface area contributed by atoms with Crippen molar-refractivity contribution in [3.05, 3.63) is 30.3 Å².